The van der Waals surface area contributed by atoms with Crippen molar-refractivity contribution in [3.05, 3.63) is 0 Å². The lowest BCUT2D eigenvalue weighted by atomic mass is 10.0. The van der Waals surface area contributed by atoms with Gasteiger partial charge in [-0.3, -0.25) is 0 Å². The van der Waals surface area contributed by atoms with Crippen LogP contribution >= 0.6 is 0 Å². The Kier molecular flexibility index (Phi) is 0.943. The highest BCUT2D eigenvalue weighted by molar-refractivity contribution is 5.65. The molecule has 9 heavy (non-hydrogen) atoms. The van der Waals surface area contributed by atoms with Crippen LogP contribution in [0.4, 0.5) is 0 Å². The first-order chi connectivity index (χ1) is 4.37. The van der Waals surface area contributed by atoms with Crippen LogP contribution in [0.15, 0.2) is 0 Å². The summed E-state index contributed by atoms with van der Waals surface area (Å²) in [6, 6.07) is 0. The van der Waals surface area contributed by atoms with Gasteiger partial charge in [0.05, 0.1) is 0 Å². The molecule has 1 N–H and O–H groups in total. The van der Waals surface area contributed by atoms with Crippen LogP contribution in [0.1, 0.15) is 12.8 Å². The Balaban J connectivity index is 2.09. The SMILES string of the molecule is O=CC12CNCCC1C2. The predicted octanol–water partition coefficient (Wildman–Crippen LogP) is 0.185. The highest BCUT2D eigenvalue weighted by Crippen LogP contribution is 2.53. The molecule has 0 aromatic carbocycles. The number of rotatable bonds is 1. The van der Waals surface area contributed by atoms with E-state index in [1.165, 1.54) is 6.42 Å². The molecule has 0 bridgehead atoms. The fraction of sp³-hybridized carbons (Fsp3) is 0.857. The number of nitrogens with one attached hydrogen (secondary N) is 1. The summed E-state index contributed by atoms with van der Waals surface area (Å²) in [5.74, 6) is 0.733. The third-order valence-corrected chi connectivity index (χ3v) is 2.64. The number of hydrogen-bond acceptors (Lipinski definition) is 2. The van der Waals surface area contributed by atoms with E-state index in [9.17, 15) is 4.79 Å². The summed E-state index contributed by atoms with van der Waals surface area (Å²) in [4.78, 5) is 10.5. The molecule has 2 aliphatic rings. The number of fused-ring (bicyclic) bond motifs is 1. The topological polar surface area (TPSA) is 29.1 Å². The molecule has 0 aromatic rings. The van der Waals surface area contributed by atoms with Crippen LogP contribution in [0.5, 0.6) is 0 Å². The first-order valence-electron chi connectivity index (χ1n) is 3.54. The maximum absolute atomic E-state index is 10.5. The van der Waals surface area contributed by atoms with E-state index in [0.717, 1.165) is 31.7 Å². The molecule has 2 rings (SSSR count). The second-order valence-electron chi connectivity index (χ2n) is 3.22. The van der Waals surface area contributed by atoms with Crippen LogP contribution in [-0.2, 0) is 4.79 Å². The Morgan fingerprint density at radius 2 is 2.56 bits per heavy atom. The molecule has 2 unspecified atom stereocenters. The molecular weight excluding hydrogens is 114 g/mol. The highest BCUT2D eigenvalue weighted by Gasteiger charge is 2.54. The van der Waals surface area contributed by atoms with E-state index in [1.807, 2.05) is 0 Å². The second kappa shape index (κ2) is 1.57. The number of carbonyl (C=O) groups excluding carboxylic acids is 1. The van der Waals surface area contributed by atoms with Crippen molar-refractivity contribution in [3.63, 3.8) is 0 Å². The van der Waals surface area contributed by atoms with Gasteiger partial charge >= 0.3 is 0 Å². The lowest BCUT2D eigenvalue weighted by Crippen LogP contribution is -2.32. The summed E-state index contributed by atoms with van der Waals surface area (Å²) >= 11 is 0. The van der Waals surface area contributed by atoms with E-state index >= 15 is 0 Å². The fourth-order valence-corrected chi connectivity index (χ4v) is 1.79. The van der Waals surface area contributed by atoms with E-state index in [4.69, 9.17) is 0 Å². The van der Waals surface area contributed by atoms with Crippen molar-refractivity contribution >= 4 is 6.29 Å². The standard InChI is InChI=1S/C7H11NO/c9-5-7-3-6(7)1-2-8-4-7/h5-6,8H,1-4H2. The predicted molar refractivity (Wildman–Crippen MR) is 34.1 cm³/mol. The van der Waals surface area contributed by atoms with Crippen molar-refractivity contribution in [2.45, 2.75) is 12.8 Å². The van der Waals surface area contributed by atoms with Gasteiger partial charge in [-0.25, -0.2) is 0 Å². The summed E-state index contributed by atoms with van der Waals surface area (Å²) in [5.41, 5.74) is 0.0955. The van der Waals surface area contributed by atoms with Crippen LogP contribution in [0.3, 0.4) is 0 Å². The average molecular weight is 125 g/mol. The van der Waals surface area contributed by atoms with Crippen LogP contribution in [0.25, 0.3) is 0 Å². The Morgan fingerprint density at radius 1 is 1.67 bits per heavy atom. The lowest BCUT2D eigenvalue weighted by Gasteiger charge is -2.16. The Hall–Kier alpha value is -0.370. The van der Waals surface area contributed by atoms with E-state index in [2.05, 4.69) is 5.32 Å². The van der Waals surface area contributed by atoms with Gasteiger partial charge < -0.3 is 10.1 Å². The van der Waals surface area contributed by atoms with Crippen LogP contribution < -0.4 is 5.32 Å². The zero-order valence-corrected chi connectivity index (χ0v) is 5.39. The number of carbonyl (C=O) groups is 1. The summed E-state index contributed by atoms with van der Waals surface area (Å²) in [6.07, 6.45) is 3.49. The maximum Gasteiger partial charge on any atom is 0.127 e. The number of aldehydes is 1. The first-order valence-corrected chi connectivity index (χ1v) is 3.54. The quantitative estimate of drug-likeness (QED) is 0.507. The zero-order valence-electron chi connectivity index (χ0n) is 5.39. The smallest absolute Gasteiger partial charge is 0.127 e. The van der Waals surface area contributed by atoms with Crippen molar-refractivity contribution in [1.29, 1.82) is 0 Å². The van der Waals surface area contributed by atoms with Gasteiger partial charge in [-0.2, -0.15) is 0 Å². The molecule has 0 aromatic heterocycles. The molecule has 0 amide bonds. The molecular formula is C7H11NO. The van der Waals surface area contributed by atoms with Gasteiger partial charge in [-0.05, 0) is 25.3 Å². The molecule has 1 saturated heterocycles. The second-order valence-corrected chi connectivity index (χ2v) is 3.22. The van der Waals surface area contributed by atoms with Crippen LogP contribution in [-0.4, -0.2) is 19.4 Å². The molecule has 1 aliphatic heterocycles. The van der Waals surface area contributed by atoms with Gasteiger partial charge in [0, 0.05) is 12.0 Å². The average Bonchev–Trinajstić information content (AvgIpc) is 2.62. The van der Waals surface area contributed by atoms with E-state index in [-0.39, 0.29) is 5.41 Å². The molecule has 2 fully saturated rings. The molecule has 0 radical (unpaired) electrons. The molecule has 0 spiro atoms. The summed E-state index contributed by atoms with van der Waals surface area (Å²) in [7, 11) is 0. The van der Waals surface area contributed by atoms with E-state index in [0.29, 0.717) is 0 Å². The van der Waals surface area contributed by atoms with E-state index in [1.54, 1.807) is 0 Å². The summed E-state index contributed by atoms with van der Waals surface area (Å²) in [6.45, 7) is 2.04. The van der Waals surface area contributed by atoms with Gasteiger partial charge in [-0.1, -0.05) is 0 Å². The Bertz CT molecular complexity index is 146. The summed E-state index contributed by atoms with van der Waals surface area (Å²) < 4.78 is 0. The molecule has 1 heterocycles. The van der Waals surface area contributed by atoms with Gasteiger partial charge in [0.25, 0.3) is 0 Å². The lowest BCUT2D eigenvalue weighted by molar-refractivity contribution is -0.112. The fourth-order valence-electron chi connectivity index (χ4n) is 1.79. The number of hydrogen-bond donors (Lipinski definition) is 1. The molecule has 1 aliphatic carbocycles. The first kappa shape index (κ1) is 5.42. The van der Waals surface area contributed by atoms with Gasteiger partial charge in [0.1, 0.15) is 6.29 Å². The molecule has 2 nitrogen and oxygen atoms in total. The van der Waals surface area contributed by atoms with Gasteiger partial charge in [-0.15, -0.1) is 0 Å². The minimum absolute atomic E-state index is 0.0955. The van der Waals surface area contributed by atoms with Gasteiger partial charge in [0.2, 0.25) is 0 Å². The highest BCUT2D eigenvalue weighted by atomic mass is 16.1. The number of piperidine rings is 1. The third-order valence-electron chi connectivity index (χ3n) is 2.64. The molecule has 50 valence electrons. The normalized spacial score (nSPS) is 47.8. The van der Waals surface area contributed by atoms with Crippen molar-refractivity contribution < 1.29 is 4.79 Å². The Morgan fingerprint density at radius 3 is 3.11 bits per heavy atom. The molecule has 2 atom stereocenters. The maximum atomic E-state index is 10.5. The summed E-state index contributed by atoms with van der Waals surface area (Å²) in [5, 5.41) is 3.24. The van der Waals surface area contributed by atoms with E-state index < -0.39 is 0 Å². The largest absolute Gasteiger partial charge is 0.316 e. The third kappa shape index (κ3) is 0.628. The molecule has 1 saturated carbocycles. The monoisotopic (exact) mass is 125 g/mol. The molecule has 2 heteroatoms. The van der Waals surface area contributed by atoms with Crippen molar-refractivity contribution in [1.82, 2.24) is 5.32 Å². The van der Waals surface area contributed by atoms with Crippen molar-refractivity contribution in [3.8, 4) is 0 Å². The minimum atomic E-state index is 0.0955. The van der Waals surface area contributed by atoms with Crippen LogP contribution in [0, 0.1) is 11.3 Å². The minimum Gasteiger partial charge on any atom is -0.316 e. The van der Waals surface area contributed by atoms with Gasteiger partial charge in [0.15, 0.2) is 0 Å². The van der Waals surface area contributed by atoms with Crippen LogP contribution in [0.2, 0.25) is 0 Å². The Labute approximate surface area is 54.6 Å². The zero-order chi connectivity index (χ0) is 6.32. The van der Waals surface area contributed by atoms with Crippen molar-refractivity contribution in [2.24, 2.45) is 11.3 Å². The van der Waals surface area contributed by atoms with Crippen molar-refractivity contribution in [2.75, 3.05) is 13.1 Å².